The zero-order chi connectivity index (χ0) is 19.6. The molecule has 0 saturated carbocycles. The van der Waals surface area contributed by atoms with Crippen molar-refractivity contribution in [3.05, 3.63) is 71.9 Å². The number of nitrogens with one attached hydrogen (secondary N) is 1. The summed E-state index contributed by atoms with van der Waals surface area (Å²) in [7, 11) is 1.64. The van der Waals surface area contributed by atoms with Crippen LogP contribution >= 0.6 is 0 Å². The van der Waals surface area contributed by atoms with Crippen molar-refractivity contribution < 1.29 is 18.7 Å². The summed E-state index contributed by atoms with van der Waals surface area (Å²) in [6, 6.07) is 17.2. The maximum absolute atomic E-state index is 12.0. The summed E-state index contributed by atoms with van der Waals surface area (Å²) in [6.07, 6.45) is 1.42. The van der Waals surface area contributed by atoms with E-state index < -0.39 is 0 Å². The number of carbonyl (C=O) groups is 1. The lowest BCUT2D eigenvalue weighted by molar-refractivity contribution is -0.121. The average molecular weight is 381 g/mol. The van der Waals surface area contributed by atoms with Gasteiger partial charge in [0.25, 0.3) is 5.89 Å². The van der Waals surface area contributed by atoms with Crippen molar-refractivity contribution in [1.82, 2.24) is 15.5 Å². The molecule has 0 fully saturated rings. The number of hydrogen-bond acceptors (Lipinski definition) is 6. The van der Waals surface area contributed by atoms with Gasteiger partial charge in [0, 0.05) is 19.4 Å². The van der Waals surface area contributed by atoms with Crippen molar-refractivity contribution in [3.63, 3.8) is 0 Å². The summed E-state index contributed by atoms with van der Waals surface area (Å²) in [4.78, 5) is 12.0. The topological polar surface area (TPSA) is 86.5 Å². The van der Waals surface area contributed by atoms with E-state index in [0.717, 1.165) is 23.5 Å². The van der Waals surface area contributed by atoms with Gasteiger partial charge in [0.1, 0.15) is 11.5 Å². The van der Waals surface area contributed by atoms with Crippen molar-refractivity contribution >= 4 is 5.91 Å². The zero-order valence-corrected chi connectivity index (χ0v) is 15.8. The zero-order valence-electron chi connectivity index (χ0n) is 15.8. The average Bonchev–Trinajstić information content (AvgIpc) is 3.20. The third-order valence-electron chi connectivity index (χ3n) is 4.05. The monoisotopic (exact) mass is 381 g/mol. The summed E-state index contributed by atoms with van der Waals surface area (Å²) < 4.78 is 16.3. The van der Waals surface area contributed by atoms with E-state index >= 15 is 0 Å². The number of aryl methyl sites for hydroxylation is 1. The van der Waals surface area contributed by atoms with Crippen LogP contribution < -0.4 is 14.8 Å². The first-order valence-corrected chi connectivity index (χ1v) is 9.11. The molecule has 2 aromatic carbocycles. The molecule has 0 radical (unpaired) electrons. The van der Waals surface area contributed by atoms with Gasteiger partial charge in [-0.2, -0.15) is 0 Å². The first kappa shape index (κ1) is 19.4. The number of amides is 1. The van der Waals surface area contributed by atoms with E-state index in [2.05, 4.69) is 15.5 Å². The Morgan fingerprint density at radius 2 is 1.79 bits per heavy atom. The number of ether oxygens (including phenoxy) is 2. The van der Waals surface area contributed by atoms with E-state index in [0.29, 0.717) is 31.2 Å². The van der Waals surface area contributed by atoms with Gasteiger partial charge in [-0.05, 0) is 36.2 Å². The lowest BCUT2D eigenvalue weighted by Crippen LogP contribution is -2.25. The van der Waals surface area contributed by atoms with Crippen LogP contribution in [0.5, 0.6) is 11.5 Å². The Morgan fingerprint density at radius 1 is 1.00 bits per heavy atom. The molecule has 3 rings (SSSR count). The number of carbonyl (C=O) groups excluding carboxylic acids is 1. The SMILES string of the molecule is COc1cccc(CCNC(=O)CCc2nnc(COc3ccccc3)o2)c1. The van der Waals surface area contributed by atoms with Gasteiger partial charge in [-0.1, -0.05) is 30.3 Å². The van der Waals surface area contributed by atoms with Crippen LogP contribution in [0, 0.1) is 0 Å². The highest BCUT2D eigenvalue weighted by atomic mass is 16.5. The van der Waals surface area contributed by atoms with Gasteiger partial charge < -0.3 is 19.2 Å². The van der Waals surface area contributed by atoms with Crippen LogP contribution in [-0.2, 0) is 24.2 Å². The van der Waals surface area contributed by atoms with Crippen LogP contribution in [0.1, 0.15) is 23.8 Å². The lowest BCUT2D eigenvalue weighted by atomic mass is 10.1. The number of hydrogen-bond donors (Lipinski definition) is 1. The Hall–Kier alpha value is -3.35. The van der Waals surface area contributed by atoms with Gasteiger partial charge in [-0.15, -0.1) is 10.2 Å². The van der Waals surface area contributed by atoms with E-state index in [1.165, 1.54) is 0 Å². The smallest absolute Gasteiger partial charge is 0.253 e. The number of benzene rings is 2. The third-order valence-corrected chi connectivity index (χ3v) is 4.05. The van der Waals surface area contributed by atoms with Crippen LogP contribution in [-0.4, -0.2) is 29.8 Å². The minimum absolute atomic E-state index is 0.0526. The molecule has 0 aliphatic carbocycles. The maximum Gasteiger partial charge on any atom is 0.253 e. The molecular weight excluding hydrogens is 358 g/mol. The minimum atomic E-state index is -0.0526. The molecule has 3 aromatic rings. The van der Waals surface area contributed by atoms with Gasteiger partial charge in [-0.25, -0.2) is 0 Å². The molecular formula is C21H23N3O4. The second kappa shape index (κ2) is 10.1. The van der Waals surface area contributed by atoms with Crippen molar-refractivity contribution in [2.24, 2.45) is 0 Å². The fraction of sp³-hybridized carbons (Fsp3) is 0.286. The molecule has 0 aliphatic rings. The molecule has 146 valence electrons. The van der Waals surface area contributed by atoms with Crippen LogP contribution in [0.2, 0.25) is 0 Å². The quantitative estimate of drug-likeness (QED) is 0.581. The predicted molar refractivity (Wildman–Crippen MR) is 103 cm³/mol. The van der Waals surface area contributed by atoms with Crippen LogP contribution in [0.25, 0.3) is 0 Å². The largest absolute Gasteiger partial charge is 0.497 e. The fourth-order valence-electron chi connectivity index (χ4n) is 2.59. The van der Waals surface area contributed by atoms with Gasteiger partial charge in [0.2, 0.25) is 11.8 Å². The summed E-state index contributed by atoms with van der Waals surface area (Å²) in [6.45, 7) is 0.760. The summed E-state index contributed by atoms with van der Waals surface area (Å²) in [5, 5.41) is 10.8. The molecule has 1 N–H and O–H groups in total. The van der Waals surface area contributed by atoms with Crippen molar-refractivity contribution in [2.45, 2.75) is 25.9 Å². The Labute approximate surface area is 163 Å². The van der Waals surface area contributed by atoms with E-state index in [-0.39, 0.29) is 12.5 Å². The summed E-state index contributed by atoms with van der Waals surface area (Å²) in [5.74, 6) is 2.31. The number of para-hydroxylation sites is 1. The molecule has 7 heteroatoms. The van der Waals surface area contributed by atoms with Crippen molar-refractivity contribution in [3.8, 4) is 11.5 Å². The highest BCUT2D eigenvalue weighted by Gasteiger charge is 2.09. The molecule has 28 heavy (non-hydrogen) atoms. The van der Waals surface area contributed by atoms with Crippen LogP contribution in [0.15, 0.2) is 59.0 Å². The second-order valence-electron chi connectivity index (χ2n) is 6.14. The van der Waals surface area contributed by atoms with E-state index in [1.54, 1.807) is 7.11 Å². The lowest BCUT2D eigenvalue weighted by Gasteiger charge is -2.06. The Balaban J connectivity index is 1.36. The van der Waals surface area contributed by atoms with Gasteiger partial charge in [0.15, 0.2) is 6.61 Å². The number of nitrogens with zero attached hydrogens (tertiary/aromatic N) is 2. The molecule has 0 spiro atoms. The van der Waals surface area contributed by atoms with E-state index in [4.69, 9.17) is 13.9 Å². The van der Waals surface area contributed by atoms with Crippen molar-refractivity contribution in [2.75, 3.05) is 13.7 Å². The third kappa shape index (κ3) is 6.12. The molecule has 7 nitrogen and oxygen atoms in total. The maximum atomic E-state index is 12.0. The number of rotatable bonds is 10. The van der Waals surface area contributed by atoms with Crippen LogP contribution in [0.4, 0.5) is 0 Å². The first-order valence-electron chi connectivity index (χ1n) is 9.11. The molecule has 0 atom stereocenters. The molecule has 0 aliphatic heterocycles. The molecule has 1 amide bonds. The Kier molecular flexibility index (Phi) is 7.01. The molecule has 1 heterocycles. The summed E-state index contributed by atoms with van der Waals surface area (Å²) in [5.41, 5.74) is 1.11. The van der Waals surface area contributed by atoms with E-state index in [9.17, 15) is 4.79 Å². The van der Waals surface area contributed by atoms with Crippen molar-refractivity contribution in [1.29, 1.82) is 0 Å². The Morgan fingerprint density at radius 3 is 2.61 bits per heavy atom. The van der Waals surface area contributed by atoms with Gasteiger partial charge in [0.05, 0.1) is 7.11 Å². The fourth-order valence-corrected chi connectivity index (χ4v) is 2.59. The second-order valence-corrected chi connectivity index (χ2v) is 6.14. The Bertz CT molecular complexity index is 880. The van der Waals surface area contributed by atoms with E-state index in [1.807, 2.05) is 54.6 Å². The summed E-state index contributed by atoms with van der Waals surface area (Å²) >= 11 is 0. The highest BCUT2D eigenvalue weighted by molar-refractivity contribution is 5.76. The molecule has 0 unspecified atom stereocenters. The minimum Gasteiger partial charge on any atom is -0.497 e. The predicted octanol–water partition coefficient (Wildman–Crippen LogP) is 2.95. The molecule has 0 saturated heterocycles. The molecule has 0 bridgehead atoms. The highest BCUT2D eigenvalue weighted by Crippen LogP contribution is 2.13. The molecule has 1 aromatic heterocycles. The normalized spacial score (nSPS) is 10.5. The number of methoxy groups -OCH3 is 1. The van der Waals surface area contributed by atoms with Crippen LogP contribution in [0.3, 0.4) is 0 Å². The standard InChI is InChI=1S/C21H23N3O4/c1-26-18-9-5-6-16(14-18)12-13-22-19(25)10-11-20-23-24-21(28-20)15-27-17-7-3-2-4-8-17/h2-9,14H,10-13,15H2,1H3,(H,22,25). The first-order chi connectivity index (χ1) is 13.7. The van der Waals surface area contributed by atoms with Gasteiger partial charge >= 0.3 is 0 Å². The van der Waals surface area contributed by atoms with Gasteiger partial charge in [-0.3, -0.25) is 4.79 Å². The number of aromatic nitrogens is 2.